The Morgan fingerprint density at radius 1 is 1.92 bits per heavy atom. The average molecular weight is 189 g/mol. The summed E-state index contributed by atoms with van der Waals surface area (Å²) in [4.78, 5) is 14.6. The Bertz CT molecular complexity index is 205. The molecule has 0 spiro atoms. The number of nitrogens with zero attached hydrogens (tertiary/aromatic N) is 1. The van der Waals surface area contributed by atoms with Crippen LogP contribution in [0.25, 0.3) is 0 Å². The first-order chi connectivity index (χ1) is 5.68. The summed E-state index contributed by atoms with van der Waals surface area (Å²) < 4.78 is 0. The smallest absolute Gasteiger partial charge is 0.344 e. The Kier molecular flexibility index (Phi) is 3.40. The van der Waals surface area contributed by atoms with Crippen LogP contribution in [0.4, 0.5) is 0 Å². The fraction of sp³-hybridized carbons (Fsp3) is 0.714. The summed E-state index contributed by atoms with van der Waals surface area (Å²) in [5, 5.41) is 12.5. The normalized spacial score (nSPS) is 26.1. The molecule has 1 heterocycles. The molecule has 12 heavy (non-hydrogen) atoms. The molecular formula is C7H11NO3S. The van der Waals surface area contributed by atoms with Gasteiger partial charge < -0.3 is 9.94 Å². The van der Waals surface area contributed by atoms with E-state index in [4.69, 9.17) is 5.11 Å². The number of thioether (sulfide) groups is 1. The standard InChI is InChI=1S/C7H11NO3S/c1-5-2-6(4-12-5)8-11-3-7(9)10/h5H,2-4H2,1H3,(H,9,10)/b8-6+. The van der Waals surface area contributed by atoms with Gasteiger partial charge in [-0.2, -0.15) is 11.8 Å². The average Bonchev–Trinajstić information content (AvgIpc) is 2.35. The highest BCUT2D eigenvalue weighted by Gasteiger charge is 2.17. The van der Waals surface area contributed by atoms with E-state index in [2.05, 4.69) is 16.9 Å². The number of hydrogen-bond acceptors (Lipinski definition) is 4. The summed E-state index contributed by atoms with van der Waals surface area (Å²) in [7, 11) is 0. The number of rotatable bonds is 3. The van der Waals surface area contributed by atoms with Crippen molar-refractivity contribution < 1.29 is 14.7 Å². The van der Waals surface area contributed by atoms with Crippen molar-refractivity contribution in [2.45, 2.75) is 18.6 Å². The molecule has 0 aromatic heterocycles. The molecule has 1 aliphatic rings. The highest BCUT2D eigenvalue weighted by molar-refractivity contribution is 8.01. The quantitative estimate of drug-likeness (QED) is 0.672. The third-order valence-corrected chi connectivity index (χ3v) is 2.67. The Morgan fingerprint density at radius 2 is 2.67 bits per heavy atom. The van der Waals surface area contributed by atoms with E-state index in [0.29, 0.717) is 5.25 Å². The van der Waals surface area contributed by atoms with E-state index in [1.807, 2.05) is 0 Å². The highest BCUT2D eigenvalue weighted by Crippen LogP contribution is 2.23. The van der Waals surface area contributed by atoms with E-state index < -0.39 is 5.97 Å². The molecule has 1 unspecified atom stereocenters. The minimum atomic E-state index is -0.988. The molecule has 4 nitrogen and oxygen atoms in total. The van der Waals surface area contributed by atoms with Gasteiger partial charge in [-0.15, -0.1) is 0 Å². The lowest BCUT2D eigenvalue weighted by molar-refractivity contribution is -0.142. The van der Waals surface area contributed by atoms with Gasteiger partial charge in [-0.3, -0.25) is 0 Å². The molecular weight excluding hydrogens is 178 g/mol. The van der Waals surface area contributed by atoms with Crippen molar-refractivity contribution in [3.8, 4) is 0 Å². The molecule has 1 saturated heterocycles. The van der Waals surface area contributed by atoms with E-state index in [1.165, 1.54) is 0 Å². The largest absolute Gasteiger partial charge is 0.479 e. The van der Waals surface area contributed by atoms with Crippen LogP contribution in [0.1, 0.15) is 13.3 Å². The zero-order chi connectivity index (χ0) is 8.97. The molecule has 1 fully saturated rings. The number of carbonyl (C=O) groups is 1. The maximum Gasteiger partial charge on any atom is 0.344 e. The second kappa shape index (κ2) is 4.35. The molecule has 1 aliphatic heterocycles. The van der Waals surface area contributed by atoms with Gasteiger partial charge in [0.2, 0.25) is 6.61 Å². The lowest BCUT2D eigenvalue weighted by Gasteiger charge is -1.95. The topological polar surface area (TPSA) is 58.9 Å². The number of aliphatic carboxylic acids is 1. The molecule has 0 aliphatic carbocycles. The van der Waals surface area contributed by atoms with Gasteiger partial charge in [0.05, 0.1) is 5.71 Å². The van der Waals surface area contributed by atoms with Crippen LogP contribution in [-0.4, -0.2) is 34.4 Å². The van der Waals surface area contributed by atoms with Crippen LogP contribution in [0.15, 0.2) is 5.16 Å². The predicted molar refractivity (Wildman–Crippen MR) is 47.6 cm³/mol. The van der Waals surface area contributed by atoms with Crippen molar-refractivity contribution in [3.05, 3.63) is 0 Å². The first-order valence-electron chi connectivity index (χ1n) is 3.69. The molecule has 0 aromatic carbocycles. The van der Waals surface area contributed by atoms with Gasteiger partial charge in [0, 0.05) is 17.4 Å². The minimum absolute atomic E-state index is 0.345. The Labute approximate surface area is 75.0 Å². The third-order valence-electron chi connectivity index (χ3n) is 1.44. The van der Waals surface area contributed by atoms with Crippen LogP contribution in [0.2, 0.25) is 0 Å². The van der Waals surface area contributed by atoms with Gasteiger partial charge in [-0.25, -0.2) is 4.79 Å². The summed E-state index contributed by atoms with van der Waals surface area (Å²) in [5.74, 6) is -0.126. The fourth-order valence-corrected chi connectivity index (χ4v) is 1.89. The first-order valence-corrected chi connectivity index (χ1v) is 4.74. The van der Waals surface area contributed by atoms with Crippen LogP contribution in [0.5, 0.6) is 0 Å². The monoisotopic (exact) mass is 189 g/mol. The maximum atomic E-state index is 10.0. The number of oxime groups is 1. The van der Waals surface area contributed by atoms with Crippen LogP contribution in [0, 0.1) is 0 Å². The van der Waals surface area contributed by atoms with E-state index in [0.717, 1.165) is 17.9 Å². The molecule has 1 N–H and O–H groups in total. The molecule has 0 radical (unpaired) electrons. The van der Waals surface area contributed by atoms with E-state index >= 15 is 0 Å². The molecule has 0 amide bonds. The molecule has 68 valence electrons. The molecule has 1 rings (SSSR count). The SMILES string of the molecule is CC1C/C(=N\OCC(=O)O)CS1. The van der Waals surface area contributed by atoms with Crippen molar-refractivity contribution in [2.75, 3.05) is 12.4 Å². The number of carboxylic acids is 1. The molecule has 0 bridgehead atoms. The zero-order valence-electron chi connectivity index (χ0n) is 6.82. The number of carboxylic acid groups (broad SMARTS) is 1. The van der Waals surface area contributed by atoms with E-state index in [9.17, 15) is 4.79 Å². The number of hydrogen-bond donors (Lipinski definition) is 1. The second-order valence-electron chi connectivity index (χ2n) is 2.65. The molecule has 0 aromatic rings. The second-order valence-corrected chi connectivity index (χ2v) is 4.08. The maximum absolute atomic E-state index is 10.0. The van der Waals surface area contributed by atoms with Crippen LogP contribution in [0.3, 0.4) is 0 Å². The van der Waals surface area contributed by atoms with Crippen molar-refractivity contribution in [1.82, 2.24) is 0 Å². The summed E-state index contributed by atoms with van der Waals surface area (Å²) >= 11 is 1.81. The highest BCUT2D eigenvalue weighted by atomic mass is 32.2. The van der Waals surface area contributed by atoms with E-state index in [-0.39, 0.29) is 6.61 Å². The first kappa shape index (κ1) is 9.38. The molecule has 0 saturated carbocycles. The summed E-state index contributed by atoms with van der Waals surface area (Å²) in [6, 6.07) is 0. The van der Waals surface area contributed by atoms with Crippen LogP contribution < -0.4 is 0 Å². The van der Waals surface area contributed by atoms with E-state index in [1.54, 1.807) is 11.8 Å². The van der Waals surface area contributed by atoms with Gasteiger partial charge in [-0.1, -0.05) is 12.1 Å². The summed E-state index contributed by atoms with van der Waals surface area (Å²) in [6.07, 6.45) is 0.907. The third kappa shape index (κ3) is 3.13. The van der Waals surface area contributed by atoms with Gasteiger partial charge in [0.25, 0.3) is 0 Å². The van der Waals surface area contributed by atoms with Gasteiger partial charge in [0.1, 0.15) is 0 Å². The van der Waals surface area contributed by atoms with Gasteiger partial charge >= 0.3 is 5.97 Å². The van der Waals surface area contributed by atoms with Crippen molar-refractivity contribution >= 4 is 23.4 Å². The van der Waals surface area contributed by atoms with Gasteiger partial charge in [-0.05, 0) is 0 Å². The lowest BCUT2D eigenvalue weighted by atomic mass is 10.2. The Hall–Kier alpha value is -0.710. The van der Waals surface area contributed by atoms with Gasteiger partial charge in [0.15, 0.2) is 0 Å². The summed E-state index contributed by atoms with van der Waals surface area (Å²) in [6.45, 7) is 1.77. The van der Waals surface area contributed by atoms with Crippen LogP contribution in [-0.2, 0) is 9.63 Å². The Balaban J connectivity index is 2.23. The van der Waals surface area contributed by atoms with Crippen molar-refractivity contribution in [3.63, 3.8) is 0 Å². The summed E-state index contributed by atoms with van der Waals surface area (Å²) in [5.41, 5.74) is 0.953. The zero-order valence-corrected chi connectivity index (χ0v) is 7.63. The Morgan fingerprint density at radius 3 is 3.17 bits per heavy atom. The van der Waals surface area contributed by atoms with Crippen LogP contribution >= 0.6 is 11.8 Å². The fourth-order valence-electron chi connectivity index (χ4n) is 0.931. The van der Waals surface area contributed by atoms with Crippen molar-refractivity contribution in [2.24, 2.45) is 5.16 Å². The van der Waals surface area contributed by atoms with Crippen molar-refractivity contribution in [1.29, 1.82) is 0 Å². The molecule has 1 atom stereocenters. The molecule has 5 heteroatoms. The predicted octanol–water partition coefficient (Wildman–Crippen LogP) is 0.969. The lowest BCUT2D eigenvalue weighted by Crippen LogP contribution is -2.06. The minimum Gasteiger partial charge on any atom is -0.479 e.